The lowest BCUT2D eigenvalue weighted by atomic mass is 10.1. The first-order valence-corrected chi connectivity index (χ1v) is 6.77. The molecule has 3 heteroatoms. The molecule has 0 fully saturated rings. The third-order valence-corrected chi connectivity index (χ3v) is 4.10. The van der Waals surface area contributed by atoms with Gasteiger partial charge in [-0.2, -0.15) is 0 Å². The minimum Gasteiger partial charge on any atom is -0.496 e. The van der Waals surface area contributed by atoms with Crippen LogP contribution in [0.25, 0.3) is 6.08 Å². The third-order valence-electron chi connectivity index (χ3n) is 3.00. The molecule has 19 heavy (non-hydrogen) atoms. The van der Waals surface area contributed by atoms with Gasteiger partial charge in [-0.3, -0.25) is 4.79 Å². The van der Waals surface area contributed by atoms with Gasteiger partial charge in [-0.1, -0.05) is 42.1 Å². The summed E-state index contributed by atoms with van der Waals surface area (Å²) >= 11 is 1.51. The van der Waals surface area contributed by atoms with E-state index in [1.54, 1.807) is 7.11 Å². The van der Waals surface area contributed by atoms with Gasteiger partial charge in [0.05, 0.1) is 12.0 Å². The molecule has 2 nitrogen and oxygen atoms in total. The number of ketones is 1. The molecule has 0 radical (unpaired) electrons. The van der Waals surface area contributed by atoms with E-state index in [9.17, 15) is 4.79 Å². The normalized spacial score (nSPS) is 15.6. The molecule has 0 N–H and O–H groups in total. The second-order valence-electron chi connectivity index (χ2n) is 4.18. The zero-order valence-corrected chi connectivity index (χ0v) is 11.2. The molecular formula is C16H12O2S. The van der Waals surface area contributed by atoms with Crippen LogP contribution in [-0.2, 0) is 0 Å². The highest BCUT2D eigenvalue weighted by Gasteiger charge is 2.25. The summed E-state index contributed by atoms with van der Waals surface area (Å²) in [6.45, 7) is 0. The molecule has 0 aliphatic carbocycles. The molecule has 0 aromatic heterocycles. The molecule has 1 aliphatic rings. The maximum Gasteiger partial charge on any atom is 0.200 e. The van der Waals surface area contributed by atoms with Crippen LogP contribution < -0.4 is 4.74 Å². The van der Waals surface area contributed by atoms with Gasteiger partial charge < -0.3 is 4.74 Å². The summed E-state index contributed by atoms with van der Waals surface area (Å²) in [5.74, 6) is 0.867. The summed E-state index contributed by atoms with van der Waals surface area (Å²) in [5, 5.41) is 0. The number of hydrogen-bond acceptors (Lipinski definition) is 3. The lowest BCUT2D eigenvalue weighted by Crippen LogP contribution is -1.94. The van der Waals surface area contributed by atoms with E-state index in [0.717, 1.165) is 26.7 Å². The van der Waals surface area contributed by atoms with Gasteiger partial charge in [-0.25, -0.2) is 0 Å². The van der Waals surface area contributed by atoms with Gasteiger partial charge in [0.1, 0.15) is 5.75 Å². The third kappa shape index (κ3) is 2.17. The van der Waals surface area contributed by atoms with Crippen LogP contribution in [0.3, 0.4) is 0 Å². The summed E-state index contributed by atoms with van der Waals surface area (Å²) in [7, 11) is 1.63. The van der Waals surface area contributed by atoms with Gasteiger partial charge in [-0.05, 0) is 24.3 Å². The summed E-state index contributed by atoms with van der Waals surface area (Å²) in [4.78, 5) is 14.0. The van der Waals surface area contributed by atoms with Crippen molar-refractivity contribution in [3.8, 4) is 5.75 Å². The van der Waals surface area contributed by atoms with E-state index >= 15 is 0 Å². The average Bonchev–Trinajstić information content (AvgIpc) is 2.77. The fraction of sp³-hybridized carbons (Fsp3) is 0.0625. The predicted octanol–water partition coefficient (Wildman–Crippen LogP) is 4.02. The Labute approximate surface area is 116 Å². The van der Waals surface area contributed by atoms with E-state index in [1.165, 1.54) is 11.8 Å². The Hall–Kier alpha value is -2.00. The lowest BCUT2D eigenvalue weighted by molar-refractivity contribution is 0.104. The van der Waals surface area contributed by atoms with E-state index in [2.05, 4.69) is 0 Å². The standard InChI is InChI=1S/C16H12O2S/c1-18-13-8-4-2-6-11(13)10-15-16(17)12-7-3-5-9-14(12)19-15/h2-10H,1H3/b15-10-. The number of methoxy groups -OCH3 is 1. The van der Waals surface area contributed by atoms with Crippen molar-refractivity contribution in [2.45, 2.75) is 4.90 Å². The zero-order valence-electron chi connectivity index (χ0n) is 10.4. The molecule has 0 unspecified atom stereocenters. The number of benzene rings is 2. The maximum absolute atomic E-state index is 12.3. The van der Waals surface area contributed by atoms with Gasteiger partial charge in [0.2, 0.25) is 5.78 Å². The molecule has 1 heterocycles. The smallest absolute Gasteiger partial charge is 0.200 e. The number of thioether (sulfide) groups is 1. The minimum absolute atomic E-state index is 0.0894. The van der Waals surface area contributed by atoms with Crippen LogP contribution in [0.5, 0.6) is 5.75 Å². The van der Waals surface area contributed by atoms with Gasteiger partial charge in [-0.15, -0.1) is 0 Å². The number of ether oxygens (including phenoxy) is 1. The molecule has 0 amide bonds. The second kappa shape index (κ2) is 4.94. The van der Waals surface area contributed by atoms with Crippen molar-refractivity contribution >= 4 is 23.6 Å². The van der Waals surface area contributed by atoms with Crippen LogP contribution in [0.2, 0.25) is 0 Å². The predicted molar refractivity (Wildman–Crippen MR) is 77.6 cm³/mol. The SMILES string of the molecule is COc1ccccc1/C=C1\Sc2ccccc2C1=O. The Morgan fingerprint density at radius 2 is 1.79 bits per heavy atom. The summed E-state index contributed by atoms with van der Waals surface area (Å²) in [6, 6.07) is 15.4. The number of allylic oxidation sites excluding steroid dienone is 1. The van der Waals surface area contributed by atoms with E-state index < -0.39 is 0 Å². The van der Waals surface area contributed by atoms with Gasteiger partial charge in [0.15, 0.2) is 0 Å². The minimum atomic E-state index is 0.0894. The van der Waals surface area contributed by atoms with Gasteiger partial charge in [0, 0.05) is 16.0 Å². The van der Waals surface area contributed by atoms with E-state index in [0.29, 0.717) is 0 Å². The fourth-order valence-electron chi connectivity index (χ4n) is 2.06. The topological polar surface area (TPSA) is 26.3 Å². The Bertz CT molecular complexity index is 674. The fourth-order valence-corrected chi connectivity index (χ4v) is 3.11. The quantitative estimate of drug-likeness (QED) is 0.769. The molecule has 2 aromatic carbocycles. The van der Waals surface area contributed by atoms with Crippen molar-refractivity contribution in [2.24, 2.45) is 0 Å². The van der Waals surface area contributed by atoms with Crippen LogP contribution in [-0.4, -0.2) is 12.9 Å². The number of Topliss-reactive ketones (excluding diaryl/α,β-unsaturated/α-hetero) is 1. The van der Waals surface area contributed by atoms with Gasteiger partial charge in [0.25, 0.3) is 0 Å². The number of carbonyl (C=O) groups excluding carboxylic acids is 1. The largest absolute Gasteiger partial charge is 0.496 e. The Kier molecular flexibility index (Phi) is 3.13. The first-order valence-electron chi connectivity index (χ1n) is 5.96. The number of fused-ring (bicyclic) bond motifs is 1. The van der Waals surface area contributed by atoms with Gasteiger partial charge >= 0.3 is 0 Å². The monoisotopic (exact) mass is 268 g/mol. The molecule has 3 rings (SSSR count). The van der Waals surface area contributed by atoms with E-state index in [1.807, 2.05) is 54.6 Å². The Balaban J connectivity index is 2.01. The van der Waals surface area contributed by atoms with E-state index in [4.69, 9.17) is 4.74 Å². The number of carbonyl (C=O) groups is 1. The van der Waals surface area contributed by atoms with Crippen LogP contribution in [0.4, 0.5) is 0 Å². The molecule has 0 saturated carbocycles. The summed E-state index contributed by atoms with van der Waals surface area (Å²) in [6.07, 6.45) is 1.89. The van der Waals surface area contributed by atoms with E-state index in [-0.39, 0.29) is 5.78 Å². The van der Waals surface area contributed by atoms with Crippen LogP contribution in [0.1, 0.15) is 15.9 Å². The van der Waals surface area contributed by atoms with Crippen molar-refractivity contribution in [3.05, 3.63) is 64.6 Å². The Morgan fingerprint density at radius 3 is 2.58 bits per heavy atom. The van der Waals surface area contributed by atoms with Crippen LogP contribution in [0.15, 0.2) is 58.3 Å². The highest BCUT2D eigenvalue weighted by atomic mass is 32.2. The molecule has 0 spiro atoms. The summed E-state index contributed by atoms with van der Waals surface area (Å²) in [5.41, 5.74) is 1.71. The molecule has 1 aliphatic heterocycles. The van der Waals surface area contributed by atoms with Crippen molar-refractivity contribution in [1.82, 2.24) is 0 Å². The number of rotatable bonds is 2. The highest BCUT2D eigenvalue weighted by Crippen LogP contribution is 2.41. The molecule has 0 atom stereocenters. The molecular weight excluding hydrogens is 256 g/mol. The first-order chi connectivity index (χ1) is 9.29. The van der Waals surface area contributed by atoms with Crippen molar-refractivity contribution in [3.63, 3.8) is 0 Å². The first kappa shape index (κ1) is 12.1. The lowest BCUT2D eigenvalue weighted by Gasteiger charge is -2.04. The second-order valence-corrected chi connectivity index (χ2v) is 5.26. The molecule has 0 bridgehead atoms. The van der Waals surface area contributed by atoms with Crippen molar-refractivity contribution < 1.29 is 9.53 Å². The summed E-state index contributed by atoms with van der Waals surface area (Å²) < 4.78 is 5.30. The molecule has 2 aromatic rings. The van der Waals surface area contributed by atoms with Crippen LogP contribution in [0, 0.1) is 0 Å². The number of hydrogen-bond donors (Lipinski definition) is 0. The molecule has 0 saturated heterocycles. The number of para-hydroxylation sites is 1. The maximum atomic E-state index is 12.3. The molecule has 94 valence electrons. The van der Waals surface area contributed by atoms with Crippen molar-refractivity contribution in [2.75, 3.05) is 7.11 Å². The van der Waals surface area contributed by atoms with Crippen molar-refractivity contribution in [1.29, 1.82) is 0 Å². The van der Waals surface area contributed by atoms with Crippen LogP contribution >= 0.6 is 11.8 Å². The average molecular weight is 268 g/mol. The Morgan fingerprint density at radius 1 is 1.05 bits per heavy atom. The zero-order chi connectivity index (χ0) is 13.2. The highest BCUT2D eigenvalue weighted by molar-refractivity contribution is 8.04.